The molecule has 0 spiro atoms. The Bertz CT molecular complexity index is 1200. The molecule has 2 aromatic carbocycles. The lowest BCUT2D eigenvalue weighted by atomic mass is 10.1. The maximum atomic E-state index is 12.5. The Morgan fingerprint density at radius 1 is 1.10 bits per heavy atom. The highest BCUT2D eigenvalue weighted by atomic mass is 32.2. The first-order chi connectivity index (χ1) is 14.5. The van der Waals surface area contributed by atoms with Gasteiger partial charge in [0.15, 0.2) is 0 Å². The van der Waals surface area contributed by atoms with Crippen molar-refractivity contribution in [2.45, 2.75) is 18.9 Å². The molecule has 0 atom stereocenters. The van der Waals surface area contributed by atoms with Gasteiger partial charge in [-0.25, -0.2) is 9.50 Å². The van der Waals surface area contributed by atoms with Crippen molar-refractivity contribution >= 4 is 28.9 Å². The molecule has 0 aliphatic carbocycles. The van der Waals surface area contributed by atoms with Gasteiger partial charge >= 0.3 is 0 Å². The van der Waals surface area contributed by atoms with Crippen molar-refractivity contribution in [3.05, 3.63) is 72.1 Å². The van der Waals surface area contributed by atoms with E-state index in [-0.39, 0.29) is 11.7 Å². The summed E-state index contributed by atoms with van der Waals surface area (Å²) in [5.41, 5.74) is 5.72. The molecule has 0 saturated carbocycles. The molecular formula is C23H22N4O2S. The van der Waals surface area contributed by atoms with E-state index in [1.807, 2.05) is 37.4 Å². The second-order valence-corrected chi connectivity index (χ2v) is 7.96. The van der Waals surface area contributed by atoms with Crippen molar-refractivity contribution in [2.75, 3.05) is 18.2 Å². The maximum absolute atomic E-state index is 12.5. The fourth-order valence-electron chi connectivity index (χ4n) is 3.11. The van der Waals surface area contributed by atoms with Crippen LogP contribution < -0.4 is 10.1 Å². The number of aromatic nitrogens is 3. The van der Waals surface area contributed by atoms with Gasteiger partial charge in [-0.3, -0.25) is 4.79 Å². The highest BCUT2D eigenvalue weighted by Gasteiger charge is 2.13. The van der Waals surface area contributed by atoms with Gasteiger partial charge in [-0.2, -0.15) is 5.10 Å². The summed E-state index contributed by atoms with van der Waals surface area (Å²) in [5, 5.41) is 8.33. The summed E-state index contributed by atoms with van der Waals surface area (Å²) in [4.78, 5) is 17.0. The molecule has 2 heterocycles. The van der Waals surface area contributed by atoms with Crippen LogP contribution in [0.4, 0.5) is 5.69 Å². The van der Waals surface area contributed by atoms with Crippen molar-refractivity contribution in [2.24, 2.45) is 0 Å². The van der Waals surface area contributed by atoms with Crippen molar-refractivity contribution < 1.29 is 9.53 Å². The summed E-state index contributed by atoms with van der Waals surface area (Å²) >= 11 is 1.38. The van der Waals surface area contributed by atoms with Crippen LogP contribution in [0.5, 0.6) is 5.75 Å². The molecule has 1 amide bonds. The first-order valence-electron chi connectivity index (χ1n) is 9.52. The molecule has 0 saturated heterocycles. The number of nitrogens with zero attached hydrogens (tertiary/aromatic N) is 3. The Morgan fingerprint density at radius 2 is 1.87 bits per heavy atom. The number of ether oxygens (including phenoxy) is 1. The van der Waals surface area contributed by atoms with Crippen LogP contribution in [-0.2, 0) is 4.79 Å². The number of aryl methyl sites for hydroxylation is 2. The third kappa shape index (κ3) is 4.31. The highest BCUT2D eigenvalue weighted by molar-refractivity contribution is 8.00. The Labute approximate surface area is 179 Å². The van der Waals surface area contributed by atoms with E-state index >= 15 is 0 Å². The quantitative estimate of drug-likeness (QED) is 0.458. The first kappa shape index (κ1) is 20.0. The van der Waals surface area contributed by atoms with E-state index in [4.69, 9.17) is 4.74 Å². The summed E-state index contributed by atoms with van der Waals surface area (Å²) < 4.78 is 7.13. The predicted molar refractivity (Wildman–Crippen MR) is 120 cm³/mol. The van der Waals surface area contributed by atoms with E-state index in [1.54, 1.807) is 17.8 Å². The largest absolute Gasteiger partial charge is 0.495 e. The number of nitrogens with one attached hydrogen (secondary N) is 1. The minimum atomic E-state index is -0.119. The molecule has 0 aliphatic heterocycles. The van der Waals surface area contributed by atoms with Gasteiger partial charge in [0.25, 0.3) is 0 Å². The molecule has 152 valence electrons. The molecular weight excluding hydrogens is 396 g/mol. The normalized spacial score (nSPS) is 10.9. The van der Waals surface area contributed by atoms with E-state index in [0.717, 1.165) is 27.4 Å². The van der Waals surface area contributed by atoms with Crippen LogP contribution in [0.3, 0.4) is 0 Å². The van der Waals surface area contributed by atoms with Crippen molar-refractivity contribution in [3.8, 4) is 17.0 Å². The summed E-state index contributed by atoms with van der Waals surface area (Å²) in [6.07, 6.45) is 3.51. The third-order valence-electron chi connectivity index (χ3n) is 4.67. The Balaban J connectivity index is 1.51. The molecule has 2 aromatic heterocycles. The lowest BCUT2D eigenvalue weighted by Gasteiger charge is -2.11. The second-order valence-electron chi connectivity index (χ2n) is 7.00. The Hall–Kier alpha value is -3.32. The number of thioether (sulfide) groups is 1. The van der Waals surface area contributed by atoms with E-state index in [0.29, 0.717) is 11.4 Å². The van der Waals surface area contributed by atoms with Crippen LogP contribution in [0.2, 0.25) is 0 Å². The molecule has 4 rings (SSSR count). The number of anilines is 1. The van der Waals surface area contributed by atoms with Gasteiger partial charge in [0.2, 0.25) is 5.91 Å². The smallest absolute Gasteiger partial charge is 0.234 e. The Morgan fingerprint density at radius 3 is 2.63 bits per heavy atom. The molecule has 0 radical (unpaired) electrons. The fraction of sp³-hybridized carbons (Fsp3) is 0.174. The topological polar surface area (TPSA) is 68.5 Å². The zero-order chi connectivity index (χ0) is 21.1. The van der Waals surface area contributed by atoms with Crippen LogP contribution in [-0.4, -0.2) is 33.4 Å². The molecule has 7 heteroatoms. The highest BCUT2D eigenvalue weighted by Crippen LogP contribution is 2.28. The SMILES string of the molecule is COc1ccc(C)cc1NC(=O)CSc1nccn2nc(-c3ccc(C)cc3)cc12. The third-order valence-corrected chi connectivity index (χ3v) is 5.67. The molecule has 30 heavy (non-hydrogen) atoms. The van der Waals surface area contributed by atoms with Gasteiger partial charge in [-0.05, 0) is 37.6 Å². The van der Waals surface area contributed by atoms with Crippen LogP contribution in [0.1, 0.15) is 11.1 Å². The zero-order valence-corrected chi connectivity index (χ0v) is 17.9. The fourth-order valence-corrected chi connectivity index (χ4v) is 3.89. The molecule has 0 fully saturated rings. The lowest BCUT2D eigenvalue weighted by Crippen LogP contribution is -2.15. The number of fused-ring (bicyclic) bond motifs is 1. The number of rotatable bonds is 6. The average Bonchev–Trinajstić information content (AvgIpc) is 3.18. The number of carbonyl (C=O) groups is 1. The van der Waals surface area contributed by atoms with Gasteiger partial charge in [-0.1, -0.05) is 47.7 Å². The lowest BCUT2D eigenvalue weighted by molar-refractivity contribution is -0.113. The van der Waals surface area contributed by atoms with E-state index < -0.39 is 0 Å². The van der Waals surface area contributed by atoms with E-state index in [1.165, 1.54) is 17.3 Å². The number of carbonyl (C=O) groups excluding carboxylic acids is 1. The predicted octanol–water partition coefficient (Wildman–Crippen LogP) is 4.75. The Kier molecular flexibility index (Phi) is 5.72. The number of hydrogen-bond acceptors (Lipinski definition) is 5. The van der Waals surface area contributed by atoms with Crippen molar-refractivity contribution in [3.63, 3.8) is 0 Å². The maximum Gasteiger partial charge on any atom is 0.234 e. The van der Waals surface area contributed by atoms with Crippen molar-refractivity contribution in [1.29, 1.82) is 0 Å². The van der Waals surface area contributed by atoms with Crippen LogP contribution >= 0.6 is 11.8 Å². The van der Waals surface area contributed by atoms with E-state index in [9.17, 15) is 4.79 Å². The molecule has 0 bridgehead atoms. The van der Waals surface area contributed by atoms with E-state index in [2.05, 4.69) is 46.6 Å². The molecule has 1 N–H and O–H groups in total. The standard InChI is InChI=1S/C23H22N4O2S/c1-15-4-7-17(8-5-15)18-13-20-23(24-10-11-27(20)26-18)30-14-22(28)25-19-12-16(2)6-9-21(19)29-3/h4-13H,14H2,1-3H3,(H,25,28). The van der Waals surface area contributed by atoms with Gasteiger partial charge < -0.3 is 10.1 Å². The van der Waals surface area contributed by atoms with Crippen LogP contribution in [0, 0.1) is 13.8 Å². The van der Waals surface area contributed by atoms with Crippen molar-refractivity contribution in [1.82, 2.24) is 14.6 Å². The summed E-state index contributed by atoms with van der Waals surface area (Å²) in [6.45, 7) is 4.03. The number of benzene rings is 2. The minimum absolute atomic E-state index is 0.119. The minimum Gasteiger partial charge on any atom is -0.495 e. The molecule has 0 unspecified atom stereocenters. The number of hydrogen-bond donors (Lipinski definition) is 1. The number of amides is 1. The van der Waals surface area contributed by atoms with Gasteiger partial charge in [0, 0.05) is 18.0 Å². The summed E-state index contributed by atoms with van der Waals surface area (Å²) in [5.74, 6) is 0.748. The molecule has 6 nitrogen and oxygen atoms in total. The first-order valence-corrected chi connectivity index (χ1v) is 10.5. The van der Waals surface area contributed by atoms with Gasteiger partial charge in [-0.15, -0.1) is 0 Å². The average molecular weight is 419 g/mol. The summed E-state index contributed by atoms with van der Waals surface area (Å²) in [7, 11) is 1.59. The van der Waals surface area contributed by atoms with Gasteiger partial charge in [0.05, 0.1) is 29.8 Å². The van der Waals surface area contributed by atoms with Gasteiger partial charge in [0.1, 0.15) is 10.8 Å². The second kappa shape index (κ2) is 8.59. The zero-order valence-electron chi connectivity index (χ0n) is 17.0. The number of methoxy groups -OCH3 is 1. The molecule has 4 aromatic rings. The monoisotopic (exact) mass is 418 g/mol. The summed E-state index contributed by atoms with van der Waals surface area (Å²) in [6, 6.07) is 15.9. The van der Waals surface area contributed by atoms with Crippen LogP contribution in [0.15, 0.2) is 66.0 Å². The van der Waals surface area contributed by atoms with Crippen LogP contribution in [0.25, 0.3) is 16.8 Å². The molecule has 0 aliphatic rings.